The lowest BCUT2D eigenvalue weighted by molar-refractivity contribution is 0.170. The van der Waals surface area contributed by atoms with E-state index in [2.05, 4.69) is 24.3 Å². The molecule has 1 N–H and O–H groups in total. The molecular weight excluding hydrogens is 248 g/mol. The molecule has 102 valence electrons. The molecule has 0 aliphatic carbocycles. The van der Waals surface area contributed by atoms with Crippen LogP contribution in [0.5, 0.6) is 0 Å². The van der Waals surface area contributed by atoms with E-state index in [4.69, 9.17) is 4.74 Å². The average Bonchev–Trinajstić information content (AvgIpc) is 2.56. The van der Waals surface area contributed by atoms with Crippen molar-refractivity contribution in [2.24, 2.45) is 0 Å². The van der Waals surface area contributed by atoms with Gasteiger partial charge >= 0.3 is 0 Å². The number of aliphatic hydroxyl groups excluding tert-OH is 1. The molecular formula is C18H18O2. The van der Waals surface area contributed by atoms with Gasteiger partial charge in [-0.1, -0.05) is 54.6 Å². The van der Waals surface area contributed by atoms with Crippen molar-refractivity contribution >= 4 is 0 Å². The SMILES string of the molecule is OC(C1=COCCC1)c1ccc(-c2ccccc2)cc1. The van der Waals surface area contributed by atoms with Crippen LogP contribution in [-0.4, -0.2) is 11.7 Å². The Morgan fingerprint density at radius 1 is 0.900 bits per heavy atom. The molecule has 0 bridgehead atoms. The predicted octanol–water partition coefficient (Wildman–Crippen LogP) is 4.08. The number of rotatable bonds is 3. The molecule has 2 aromatic carbocycles. The molecule has 1 atom stereocenters. The highest BCUT2D eigenvalue weighted by Crippen LogP contribution is 2.29. The molecule has 1 heterocycles. The van der Waals surface area contributed by atoms with Gasteiger partial charge in [-0.3, -0.25) is 0 Å². The molecule has 2 aromatic rings. The van der Waals surface area contributed by atoms with Gasteiger partial charge in [0.05, 0.1) is 12.9 Å². The van der Waals surface area contributed by atoms with Crippen LogP contribution in [-0.2, 0) is 4.74 Å². The van der Waals surface area contributed by atoms with Gasteiger partial charge < -0.3 is 9.84 Å². The largest absolute Gasteiger partial charge is 0.501 e. The second kappa shape index (κ2) is 5.93. The van der Waals surface area contributed by atoms with Crippen molar-refractivity contribution in [3.63, 3.8) is 0 Å². The molecule has 3 rings (SSSR count). The van der Waals surface area contributed by atoms with Crippen LogP contribution in [0.4, 0.5) is 0 Å². The van der Waals surface area contributed by atoms with E-state index in [-0.39, 0.29) is 0 Å². The Hall–Kier alpha value is -2.06. The average molecular weight is 266 g/mol. The van der Waals surface area contributed by atoms with E-state index in [1.54, 1.807) is 6.26 Å². The van der Waals surface area contributed by atoms with Gasteiger partial charge in [0, 0.05) is 0 Å². The maximum atomic E-state index is 10.4. The van der Waals surface area contributed by atoms with Gasteiger partial charge in [-0.2, -0.15) is 0 Å². The van der Waals surface area contributed by atoms with E-state index in [0.29, 0.717) is 0 Å². The van der Waals surface area contributed by atoms with E-state index in [0.717, 1.165) is 36.1 Å². The summed E-state index contributed by atoms with van der Waals surface area (Å²) >= 11 is 0. The smallest absolute Gasteiger partial charge is 0.103 e. The summed E-state index contributed by atoms with van der Waals surface area (Å²) in [5.41, 5.74) is 4.23. The van der Waals surface area contributed by atoms with E-state index in [1.807, 2.05) is 30.3 Å². The topological polar surface area (TPSA) is 29.5 Å². The number of aliphatic hydroxyl groups is 1. The molecule has 0 radical (unpaired) electrons. The molecule has 0 spiro atoms. The zero-order chi connectivity index (χ0) is 13.8. The first-order chi connectivity index (χ1) is 9.84. The van der Waals surface area contributed by atoms with Crippen molar-refractivity contribution in [2.75, 3.05) is 6.61 Å². The van der Waals surface area contributed by atoms with Crippen LogP contribution >= 0.6 is 0 Å². The van der Waals surface area contributed by atoms with Gasteiger partial charge in [0.2, 0.25) is 0 Å². The number of benzene rings is 2. The van der Waals surface area contributed by atoms with Crippen LogP contribution in [0.25, 0.3) is 11.1 Å². The first-order valence-corrected chi connectivity index (χ1v) is 6.98. The second-order valence-electron chi connectivity index (χ2n) is 5.06. The van der Waals surface area contributed by atoms with Crippen molar-refractivity contribution in [1.29, 1.82) is 0 Å². The van der Waals surface area contributed by atoms with Gasteiger partial charge in [0.1, 0.15) is 6.10 Å². The highest BCUT2D eigenvalue weighted by atomic mass is 16.5. The molecule has 0 amide bonds. The molecule has 0 saturated heterocycles. The molecule has 20 heavy (non-hydrogen) atoms. The molecule has 2 nitrogen and oxygen atoms in total. The first kappa shape index (κ1) is 12.9. The molecule has 2 heteroatoms. The third-order valence-electron chi connectivity index (χ3n) is 3.65. The lowest BCUT2D eigenvalue weighted by atomic mass is 9.96. The second-order valence-corrected chi connectivity index (χ2v) is 5.06. The Labute approximate surface area is 119 Å². The summed E-state index contributed by atoms with van der Waals surface area (Å²) in [4.78, 5) is 0. The summed E-state index contributed by atoms with van der Waals surface area (Å²) < 4.78 is 5.30. The maximum absolute atomic E-state index is 10.4. The summed E-state index contributed by atoms with van der Waals surface area (Å²) in [6, 6.07) is 18.3. The zero-order valence-corrected chi connectivity index (χ0v) is 11.3. The Morgan fingerprint density at radius 2 is 1.60 bits per heavy atom. The van der Waals surface area contributed by atoms with Gasteiger partial charge in [0.25, 0.3) is 0 Å². The van der Waals surface area contributed by atoms with Crippen molar-refractivity contribution in [3.8, 4) is 11.1 Å². The normalized spacial score (nSPS) is 16.1. The Kier molecular flexibility index (Phi) is 3.84. The van der Waals surface area contributed by atoms with E-state index in [1.165, 1.54) is 5.56 Å². The zero-order valence-electron chi connectivity index (χ0n) is 11.3. The summed E-state index contributed by atoms with van der Waals surface area (Å²) in [6.45, 7) is 0.753. The Morgan fingerprint density at radius 3 is 2.25 bits per heavy atom. The summed E-state index contributed by atoms with van der Waals surface area (Å²) in [6.07, 6.45) is 3.03. The quantitative estimate of drug-likeness (QED) is 0.907. The third kappa shape index (κ3) is 2.75. The number of hydrogen-bond donors (Lipinski definition) is 1. The summed E-state index contributed by atoms with van der Waals surface area (Å²) in [7, 11) is 0. The monoisotopic (exact) mass is 266 g/mol. The minimum Gasteiger partial charge on any atom is -0.501 e. The first-order valence-electron chi connectivity index (χ1n) is 6.98. The summed E-state index contributed by atoms with van der Waals surface area (Å²) in [5, 5.41) is 10.4. The minimum absolute atomic E-state index is 0.555. The van der Waals surface area contributed by atoms with Gasteiger partial charge in [-0.05, 0) is 35.1 Å². The van der Waals surface area contributed by atoms with Gasteiger partial charge in [-0.25, -0.2) is 0 Å². The molecule has 1 aliphatic heterocycles. The fraction of sp³-hybridized carbons (Fsp3) is 0.222. The van der Waals surface area contributed by atoms with Crippen LogP contribution in [0, 0.1) is 0 Å². The molecule has 1 unspecified atom stereocenters. The van der Waals surface area contributed by atoms with Crippen molar-refractivity contribution in [2.45, 2.75) is 18.9 Å². The number of hydrogen-bond acceptors (Lipinski definition) is 2. The van der Waals surface area contributed by atoms with Crippen molar-refractivity contribution in [1.82, 2.24) is 0 Å². The lowest BCUT2D eigenvalue weighted by Gasteiger charge is -2.19. The van der Waals surface area contributed by atoms with Gasteiger partial charge in [0.15, 0.2) is 0 Å². The van der Waals surface area contributed by atoms with Gasteiger partial charge in [-0.15, -0.1) is 0 Å². The van der Waals surface area contributed by atoms with Crippen LogP contribution in [0.1, 0.15) is 24.5 Å². The highest BCUT2D eigenvalue weighted by Gasteiger charge is 2.16. The predicted molar refractivity (Wildman–Crippen MR) is 80.1 cm³/mol. The minimum atomic E-state index is -0.555. The van der Waals surface area contributed by atoms with E-state index < -0.39 is 6.10 Å². The maximum Gasteiger partial charge on any atom is 0.103 e. The van der Waals surface area contributed by atoms with Crippen LogP contribution in [0.15, 0.2) is 66.4 Å². The Balaban J connectivity index is 1.81. The van der Waals surface area contributed by atoms with Crippen molar-refractivity contribution < 1.29 is 9.84 Å². The standard InChI is InChI=1S/C18H18O2/c19-18(17-7-4-12-20-13-17)16-10-8-15(9-11-16)14-5-2-1-3-6-14/h1-3,5-6,8-11,13,18-19H,4,7,12H2. The summed E-state index contributed by atoms with van der Waals surface area (Å²) in [5.74, 6) is 0. The molecule has 0 saturated carbocycles. The Bertz CT molecular complexity index is 585. The fourth-order valence-corrected chi connectivity index (χ4v) is 2.49. The van der Waals surface area contributed by atoms with Crippen LogP contribution in [0.3, 0.4) is 0 Å². The molecule has 0 fully saturated rings. The lowest BCUT2D eigenvalue weighted by Crippen LogP contribution is -2.07. The fourth-order valence-electron chi connectivity index (χ4n) is 2.49. The van der Waals surface area contributed by atoms with Crippen LogP contribution in [0.2, 0.25) is 0 Å². The highest BCUT2D eigenvalue weighted by molar-refractivity contribution is 5.63. The molecule has 1 aliphatic rings. The van der Waals surface area contributed by atoms with E-state index in [9.17, 15) is 5.11 Å². The third-order valence-corrected chi connectivity index (χ3v) is 3.65. The number of ether oxygens (including phenoxy) is 1. The van der Waals surface area contributed by atoms with Crippen molar-refractivity contribution in [3.05, 3.63) is 72.0 Å². The molecule has 0 aromatic heterocycles. The van der Waals surface area contributed by atoms with Crippen LogP contribution < -0.4 is 0 Å². The van der Waals surface area contributed by atoms with E-state index >= 15 is 0 Å².